The first-order chi connectivity index (χ1) is 7.75. The van der Waals surface area contributed by atoms with E-state index in [1.165, 1.54) is 6.07 Å². The second-order valence-electron chi connectivity index (χ2n) is 3.32. The molecular weight excluding hydrogens is 273 g/mol. The van der Waals surface area contributed by atoms with E-state index in [-0.39, 0.29) is 5.82 Å². The van der Waals surface area contributed by atoms with Crippen LogP contribution in [0.1, 0.15) is 0 Å². The molecule has 0 fully saturated rings. The Kier molecular flexibility index (Phi) is 3.56. The number of nitrogens with one attached hydrogen (secondary N) is 1. The summed E-state index contributed by atoms with van der Waals surface area (Å²) in [7, 11) is 0. The molecule has 2 aromatic rings. The molecule has 0 atom stereocenters. The zero-order valence-corrected chi connectivity index (χ0v) is 10.1. The third kappa shape index (κ3) is 2.82. The molecular formula is C11H11BrFN3. The van der Waals surface area contributed by atoms with Gasteiger partial charge in [-0.3, -0.25) is 4.68 Å². The third-order valence-electron chi connectivity index (χ3n) is 2.15. The lowest BCUT2D eigenvalue weighted by atomic mass is 10.3. The molecule has 0 saturated heterocycles. The Morgan fingerprint density at radius 1 is 1.44 bits per heavy atom. The molecule has 0 spiro atoms. The summed E-state index contributed by atoms with van der Waals surface area (Å²) in [4.78, 5) is 0. The number of rotatable bonds is 4. The van der Waals surface area contributed by atoms with Crippen LogP contribution in [0.2, 0.25) is 0 Å². The summed E-state index contributed by atoms with van der Waals surface area (Å²) in [5, 5.41) is 7.20. The van der Waals surface area contributed by atoms with Gasteiger partial charge in [-0.05, 0) is 40.2 Å². The molecule has 0 saturated carbocycles. The highest BCUT2D eigenvalue weighted by Crippen LogP contribution is 2.18. The van der Waals surface area contributed by atoms with Crippen molar-refractivity contribution in [2.45, 2.75) is 6.54 Å². The topological polar surface area (TPSA) is 29.9 Å². The van der Waals surface area contributed by atoms with Crippen molar-refractivity contribution < 1.29 is 4.39 Å². The zero-order valence-electron chi connectivity index (χ0n) is 8.53. The molecule has 0 aliphatic heterocycles. The molecule has 16 heavy (non-hydrogen) atoms. The van der Waals surface area contributed by atoms with Crippen LogP contribution in [0.15, 0.2) is 41.1 Å². The minimum atomic E-state index is -0.260. The van der Waals surface area contributed by atoms with Crippen molar-refractivity contribution in [3.63, 3.8) is 0 Å². The standard InChI is InChI=1S/C11H11BrFN3/c12-10-3-2-9(8-11(10)13)14-5-7-16-6-1-4-15-16/h1-4,6,8,14H,5,7H2. The maximum atomic E-state index is 13.2. The Labute approximate surface area is 101 Å². The van der Waals surface area contributed by atoms with Gasteiger partial charge in [0.2, 0.25) is 0 Å². The van der Waals surface area contributed by atoms with Gasteiger partial charge in [-0.1, -0.05) is 0 Å². The Morgan fingerprint density at radius 3 is 3.00 bits per heavy atom. The minimum absolute atomic E-state index is 0.260. The molecule has 1 heterocycles. The summed E-state index contributed by atoms with van der Waals surface area (Å²) in [5.41, 5.74) is 0.771. The van der Waals surface area contributed by atoms with Crippen molar-refractivity contribution in [1.29, 1.82) is 0 Å². The molecule has 0 bridgehead atoms. The van der Waals surface area contributed by atoms with Crippen LogP contribution in [-0.2, 0) is 6.54 Å². The molecule has 0 aliphatic rings. The van der Waals surface area contributed by atoms with Gasteiger partial charge in [0.15, 0.2) is 0 Å². The van der Waals surface area contributed by atoms with Crippen LogP contribution in [0.5, 0.6) is 0 Å². The van der Waals surface area contributed by atoms with Gasteiger partial charge in [0.1, 0.15) is 5.82 Å². The lowest BCUT2D eigenvalue weighted by Crippen LogP contribution is -2.10. The Hall–Kier alpha value is -1.36. The monoisotopic (exact) mass is 283 g/mol. The number of halogens is 2. The van der Waals surface area contributed by atoms with Gasteiger partial charge in [-0.2, -0.15) is 5.10 Å². The molecule has 0 amide bonds. The number of hydrogen-bond acceptors (Lipinski definition) is 2. The number of aromatic nitrogens is 2. The maximum Gasteiger partial charge on any atom is 0.139 e. The van der Waals surface area contributed by atoms with Crippen molar-refractivity contribution in [2.75, 3.05) is 11.9 Å². The number of anilines is 1. The van der Waals surface area contributed by atoms with E-state index in [1.54, 1.807) is 12.3 Å². The van der Waals surface area contributed by atoms with Crippen molar-refractivity contribution >= 4 is 21.6 Å². The normalized spacial score (nSPS) is 10.4. The van der Waals surface area contributed by atoms with E-state index in [0.717, 1.165) is 12.2 Å². The zero-order chi connectivity index (χ0) is 11.4. The van der Waals surface area contributed by atoms with E-state index >= 15 is 0 Å². The van der Waals surface area contributed by atoms with E-state index in [9.17, 15) is 4.39 Å². The average molecular weight is 284 g/mol. The van der Waals surface area contributed by atoms with Gasteiger partial charge in [0, 0.05) is 24.6 Å². The van der Waals surface area contributed by atoms with Crippen LogP contribution < -0.4 is 5.32 Å². The summed E-state index contributed by atoms with van der Waals surface area (Å²) < 4.78 is 15.5. The van der Waals surface area contributed by atoms with Crippen LogP contribution in [-0.4, -0.2) is 16.3 Å². The summed E-state index contributed by atoms with van der Waals surface area (Å²) >= 11 is 3.11. The quantitative estimate of drug-likeness (QED) is 0.935. The Bertz CT molecular complexity index is 456. The fraction of sp³-hybridized carbons (Fsp3) is 0.182. The molecule has 0 aliphatic carbocycles. The predicted octanol–water partition coefficient (Wildman–Crippen LogP) is 2.90. The SMILES string of the molecule is Fc1cc(NCCn2cccn2)ccc1Br. The Balaban J connectivity index is 1.87. The molecule has 0 radical (unpaired) electrons. The highest BCUT2D eigenvalue weighted by molar-refractivity contribution is 9.10. The van der Waals surface area contributed by atoms with E-state index in [1.807, 2.05) is 23.0 Å². The number of benzene rings is 1. The molecule has 0 unspecified atom stereocenters. The summed E-state index contributed by atoms with van der Waals surface area (Å²) in [6.45, 7) is 1.47. The first-order valence-corrected chi connectivity index (χ1v) is 5.71. The van der Waals surface area contributed by atoms with Crippen LogP contribution >= 0.6 is 15.9 Å². The molecule has 2 rings (SSSR count). The summed E-state index contributed by atoms with van der Waals surface area (Å²) in [6.07, 6.45) is 3.63. The summed E-state index contributed by atoms with van der Waals surface area (Å²) in [6, 6.07) is 6.86. The van der Waals surface area contributed by atoms with Crippen LogP contribution in [0.3, 0.4) is 0 Å². The average Bonchev–Trinajstić information content (AvgIpc) is 2.76. The highest BCUT2D eigenvalue weighted by Gasteiger charge is 1.99. The lowest BCUT2D eigenvalue weighted by Gasteiger charge is -2.07. The van der Waals surface area contributed by atoms with Crippen LogP contribution in [0, 0.1) is 5.82 Å². The summed E-state index contributed by atoms with van der Waals surface area (Å²) in [5.74, 6) is -0.260. The van der Waals surface area contributed by atoms with Crippen molar-refractivity contribution in [1.82, 2.24) is 9.78 Å². The van der Waals surface area contributed by atoms with Gasteiger partial charge >= 0.3 is 0 Å². The molecule has 84 valence electrons. The van der Waals surface area contributed by atoms with Gasteiger partial charge in [-0.15, -0.1) is 0 Å². The van der Waals surface area contributed by atoms with E-state index < -0.39 is 0 Å². The molecule has 1 aromatic heterocycles. The minimum Gasteiger partial charge on any atom is -0.383 e. The second-order valence-corrected chi connectivity index (χ2v) is 4.18. The van der Waals surface area contributed by atoms with Crippen molar-refractivity contribution in [3.05, 3.63) is 46.9 Å². The van der Waals surface area contributed by atoms with Crippen LogP contribution in [0.25, 0.3) is 0 Å². The molecule has 1 N–H and O–H groups in total. The van der Waals surface area contributed by atoms with Gasteiger partial charge < -0.3 is 5.32 Å². The van der Waals surface area contributed by atoms with Gasteiger partial charge in [0.25, 0.3) is 0 Å². The van der Waals surface area contributed by atoms with Gasteiger partial charge in [0.05, 0.1) is 11.0 Å². The first kappa shape index (κ1) is 11.1. The van der Waals surface area contributed by atoms with E-state index in [2.05, 4.69) is 26.3 Å². The lowest BCUT2D eigenvalue weighted by molar-refractivity contribution is 0.619. The predicted molar refractivity (Wildman–Crippen MR) is 64.8 cm³/mol. The van der Waals surface area contributed by atoms with E-state index in [0.29, 0.717) is 11.0 Å². The first-order valence-electron chi connectivity index (χ1n) is 4.92. The van der Waals surface area contributed by atoms with Crippen LogP contribution in [0.4, 0.5) is 10.1 Å². The van der Waals surface area contributed by atoms with Gasteiger partial charge in [-0.25, -0.2) is 4.39 Å². The second kappa shape index (κ2) is 5.12. The largest absolute Gasteiger partial charge is 0.383 e. The fourth-order valence-electron chi connectivity index (χ4n) is 1.35. The van der Waals surface area contributed by atoms with Crippen molar-refractivity contribution in [3.8, 4) is 0 Å². The molecule has 3 nitrogen and oxygen atoms in total. The van der Waals surface area contributed by atoms with E-state index in [4.69, 9.17) is 0 Å². The molecule has 5 heteroatoms. The fourth-order valence-corrected chi connectivity index (χ4v) is 1.60. The number of hydrogen-bond donors (Lipinski definition) is 1. The molecule has 1 aromatic carbocycles. The maximum absolute atomic E-state index is 13.2. The highest BCUT2D eigenvalue weighted by atomic mass is 79.9. The third-order valence-corrected chi connectivity index (χ3v) is 2.79. The smallest absolute Gasteiger partial charge is 0.139 e. The van der Waals surface area contributed by atoms with Crippen molar-refractivity contribution in [2.24, 2.45) is 0 Å². The Morgan fingerprint density at radius 2 is 2.31 bits per heavy atom. The number of nitrogens with zero attached hydrogens (tertiary/aromatic N) is 2.